The quantitative estimate of drug-likeness (QED) is 0.454. The van der Waals surface area contributed by atoms with Crippen molar-refractivity contribution in [2.24, 2.45) is 0 Å². The van der Waals surface area contributed by atoms with Crippen molar-refractivity contribution < 1.29 is 13.6 Å². The minimum Gasteiger partial charge on any atom is -0.484 e. The Bertz CT molecular complexity index is 957. The average Bonchev–Trinajstić information content (AvgIpc) is 3.36. The number of ether oxygens (including phenoxy) is 1. The van der Waals surface area contributed by atoms with Crippen LogP contribution in [0.1, 0.15) is 11.8 Å². The van der Waals surface area contributed by atoms with E-state index in [1.807, 2.05) is 60.7 Å². The molecular formula is C18H14N4O3S. The van der Waals surface area contributed by atoms with Crippen LogP contribution in [0.15, 0.2) is 74.7 Å². The fourth-order valence-electron chi connectivity index (χ4n) is 2.15. The monoisotopic (exact) mass is 366 g/mol. The standard InChI is InChI=1S/C18H14N4O3S/c1-3-7-13(8-4-1)17-21-20-16(24-17)12-26-18-22-19-15(25-18)11-23-14-9-5-2-6-10-14/h1-10H,11-12H2. The van der Waals surface area contributed by atoms with Crippen molar-refractivity contribution in [1.82, 2.24) is 20.4 Å². The summed E-state index contributed by atoms with van der Waals surface area (Å²) in [6.45, 7) is 0.219. The van der Waals surface area contributed by atoms with E-state index in [1.54, 1.807) is 0 Å². The maximum Gasteiger partial charge on any atom is 0.277 e. The molecule has 0 radical (unpaired) electrons. The third-order valence-corrected chi connectivity index (χ3v) is 4.16. The number of aromatic nitrogens is 4. The molecular weight excluding hydrogens is 352 g/mol. The highest BCUT2D eigenvalue weighted by Crippen LogP contribution is 2.24. The number of nitrogens with zero attached hydrogens (tertiary/aromatic N) is 4. The van der Waals surface area contributed by atoms with Crippen molar-refractivity contribution in [3.63, 3.8) is 0 Å². The molecule has 8 heteroatoms. The maximum absolute atomic E-state index is 5.65. The number of hydrogen-bond acceptors (Lipinski definition) is 8. The summed E-state index contributed by atoms with van der Waals surface area (Å²) in [6, 6.07) is 19.1. The van der Waals surface area contributed by atoms with Gasteiger partial charge in [0.15, 0.2) is 6.61 Å². The van der Waals surface area contributed by atoms with Crippen molar-refractivity contribution in [1.29, 1.82) is 0 Å². The third kappa shape index (κ3) is 4.09. The summed E-state index contributed by atoms with van der Waals surface area (Å²) in [7, 11) is 0. The maximum atomic E-state index is 5.65. The van der Waals surface area contributed by atoms with Crippen molar-refractivity contribution in [2.45, 2.75) is 17.6 Å². The molecule has 0 aliphatic rings. The Hall–Kier alpha value is -3.13. The fourth-order valence-corrected chi connectivity index (χ4v) is 2.77. The SMILES string of the molecule is c1ccc(OCc2nnc(SCc3nnc(-c4ccccc4)o3)o2)cc1. The summed E-state index contributed by atoms with van der Waals surface area (Å²) in [5.74, 6) is 2.59. The second-order valence-corrected chi connectivity index (χ2v) is 6.15. The van der Waals surface area contributed by atoms with Crippen LogP contribution in [0.4, 0.5) is 0 Å². The first-order valence-electron chi connectivity index (χ1n) is 7.87. The molecule has 0 bridgehead atoms. The summed E-state index contributed by atoms with van der Waals surface area (Å²) in [4.78, 5) is 0. The zero-order valence-electron chi connectivity index (χ0n) is 13.6. The van der Waals surface area contributed by atoms with Gasteiger partial charge in [0.05, 0.1) is 5.75 Å². The Morgan fingerprint density at radius 3 is 2.31 bits per heavy atom. The average molecular weight is 366 g/mol. The second-order valence-electron chi connectivity index (χ2n) is 5.22. The molecule has 2 aromatic heterocycles. The predicted molar refractivity (Wildman–Crippen MR) is 94.4 cm³/mol. The lowest BCUT2D eigenvalue weighted by molar-refractivity contribution is 0.252. The number of thioether (sulfide) groups is 1. The molecule has 0 saturated carbocycles. The first kappa shape index (κ1) is 16.3. The molecule has 0 aliphatic heterocycles. The van der Waals surface area contributed by atoms with E-state index in [0.29, 0.717) is 28.6 Å². The molecule has 130 valence electrons. The van der Waals surface area contributed by atoms with Crippen molar-refractivity contribution in [3.8, 4) is 17.2 Å². The molecule has 0 saturated heterocycles. The van der Waals surface area contributed by atoms with Crippen LogP contribution in [0.2, 0.25) is 0 Å². The smallest absolute Gasteiger partial charge is 0.277 e. The molecule has 0 fully saturated rings. The van der Waals surface area contributed by atoms with E-state index in [2.05, 4.69) is 20.4 Å². The molecule has 7 nitrogen and oxygen atoms in total. The lowest BCUT2D eigenvalue weighted by atomic mass is 10.2. The Morgan fingerprint density at radius 2 is 1.50 bits per heavy atom. The van der Waals surface area contributed by atoms with E-state index in [-0.39, 0.29) is 6.61 Å². The molecule has 0 N–H and O–H groups in total. The Morgan fingerprint density at radius 1 is 0.769 bits per heavy atom. The summed E-state index contributed by atoms with van der Waals surface area (Å²) in [6.07, 6.45) is 0. The highest BCUT2D eigenvalue weighted by Gasteiger charge is 2.12. The minimum absolute atomic E-state index is 0.219. The Kier molecular flexibility index (Phi) is 4.92. The van der Waals surface area contributed by atoms with Crippen LogP contribution in [-0.2, 0) is 12.4 Å². The van der Waals surface area contributed by atoms with Crippen LogP contribution in [-0.4, -0.2) is 20.4 Å². The van der Waals surface area contributed by atoms with Crippen molar-refractivity contribution >= 4 is 11.8 Å². The van der Waals surface area contributed by atoms with E-state index >= 15 is 0 Å². The zero-order valence-corrected chi connectivity index (χ0v) is 14.4. The van der Waals surface area contributed by atoms with E-state index in [0.717, 1.165) is 11.3 Å². The lowest BCUT2D eigenvalue weighted by Gasteiger charge is -2.01. The van der Waals surface area contributed by atoms with Gasteiger partial charge in [-0.3, -0.25) is 0 Å². The third-order valence-electron chi connectivity index (χ3n) is 3.36. The molecule has 0 spiro atoms. The van der Waals surface area contributed by atoms with E-state index < -0.39 is 0 Å². The van der Waals surface area contributed by atoms with Gasteiger partial charge in [-0.2, -0.15) is 0 Å². The van der Waals surface area contributed by atoms with Crippen LogP contribution in [0, 0.1) is 0 Å². The molecule has 4 aromatic rings. The summed E-state index contributed by atoms with van der Waals surface area (Å²) in [5.41, 5.74) is 0.884. The molecule has 2 heterocycles. The van der Waals surface area contributed by atoms with Gasteiger partial charge in [-0.25, -0.2) is 0 Å². The normalized spacial score (nSPS) is 10.8. The zero-order chi connectivity index (χ0) is 17.6. The van der Waals surface area contributed by atoms with Crippen LogP contribution in [0.3, 0.4) is 0 Å². The predicted octanol–water partition coefficient (Wildman–Crippen LogP) is 3.99. The van der Waals surface area contributed by atoms with Gasteiger partial charge in [-0.05, 0) is 24.3 Å². The van der Waals surface area contributed by atoms with Gasteiger partial charge in [0.1, 0.15) is 5.75 Å². The second kappa shape index (κ2) is 7.83. The van der Waals surface area contributed by atoms with E-state index in [9.17, 15) is 0 Å². The number of benzene rings is 2. The number of rotatable bonds is 7. The highest BCUT2D eigenvalue weighted by molar-refractivity contribution is 7.98. The van der Waals surface area contributed by atoms with Crippen LogP contribution in [0.25, 0.3) is 11.5 Å². The molecule has 0 unspecified atom stereocenters. The van der Waals surface area contributed by atoms with Gasteiger partial charge in [0, 0.05) is 5.56 Å². The van der Waals surface area contributed by atoms with Gasteiger partial charge < -0.3 is 13.6 Å². The first-order chi connectivity index (χ1) is 12.9. The number of para-hydroxylation sites is 1. The van der Waals surface area contributed by atoms with E-state index in [4.69, 9.17) is 13.6 Å². The van der Waals surface area contributed by atoms with Crippen molar-refractivity contribution in [3.05, 3.63) is 72.4 Å². The van der Waals surface area contributed by atoms with Crippen molar-refractivity contribution in [2.75, 3.05) is 0 Å². The molecule has 2 aromatic carbocycles. The molecule has 0 amide bonds. The van der Waals surface area contributed by atoms with Gasteiger partial charge in [-0.15, -0.1) is 20.4 Å². The largest absolute Gasteiger partial charge is 0.484 e. The topological polar surface area (TPSA) is 87.1 Å². The summed E-state index contributed by atoms with van der Waals surface area (Å²) in [5, 5.41) is 16.5. The molecule has 0 atom stereocenters. The minimum atomic E-state index is 0.219. The van der Waals surface area contributed by atoms with Gasteiger partial charge >= 0.3 is 0 Å². The summed E-state index contributed by atoms with van der Waals surface area (Å²) >= 11 is 1.33. The van der Waals surface area contributed by atoms with Gasteiger partial charge in [-0.1, -0.05) is 48.2 Å². The van der Waals surface area contributed by atoms with Crippen LogP contribution in [0.5, 0.6) is 5.75 Å². The Balaban J connectivity index is 1.31. The highest BCUT2D eigenvalue weighted by atomic mass is 32.2. The summed E-state index contributed by atoms with van der Waals surface area (Å²) < 4.78 is 16.8. The van der Waals surface area contributed by atoms with Gasteiger partial charge in [0.25, 0.3) is 11.1 Å². The Labute approximate surface area is 153 Å². The number of hydrogen-bond donors (Lipinski definition) is 0. The molecule has 26 heavy (non-hydrogen) atoms. The lowest BCUT2D eigenvalue weighted by Crippen LogP contribution is -1.95. The van der Waals surface area contributed by atoms with E-state index in [1.165, 1.54) is 11.8 Å². The fraction of sp³-hybridized carbons (Fsp3) is 0.111. The van der Waals surface area contributed by atoms with Crippen LogP contribution >= 0.6 is 11.8 Å². The first-order valence-corrected chi connectivity index (χ1v) is 8.86. The van der Waals surface area contributed by atoms with Gasteiger partial charge in [0.2, 0.25) is 11.8 Å². The van der Waals surface area contributed by atoms with Crippen LogP contribution < -0.4 is 4.74 Å². The molecule has 4 rings (SSSR count). The molecule has 0 aliphatic carbocycles.